The number of aliphatic hydroxyl groups excluding tert-OH is 1. The average Bonchev–Trinajstić information content (AvgIpc) is 2.27. The SMILES string of the molecule is [CH2-]CC(O)c1cccc(C(=O)OC)c1.[Y]. The first-order chi connectivity index (χ1) is 6.69. The summed E-state index contributed by atoms with van der Waals surface area (Å²) in [5, 5.41) is 9.49. The molecule has 79 valence electrons. The van der Waals surface area contributed by atoms with Crippen molar-refractivity contribution in [1.82, 2.24) is 0 Å². The van der Waals surface area contributed by atoms with Gasteiger partial charge in [0, 0.05) is 32.7 Å². The van der Waals surface area contributed by atoms with Crippen LogP contribution in [-0.4, -0.2) is 18.2 Å². The number of carbonyl (C=O) groups is 1. The molecule has 0 aliphatic carbocycles. The van der Waals surface area contributed by atoms with E-state index >= 15 is 0 Å². The Balaban J connectivity index is 0.00000196. The van der Waals surface area contributed by atoms with Gasteiger partial charge in [0.2, 0.25) is 0 Å². The summed E-state index contributed by atoms with van der Waals surface area (Å²) in [6.07, 6.45) is -0.246. The Morgan fingerprint density at radius 2 is 2.27 bits per heavy atom. The van der Waals surface area contributed by atoms with Gasteiger partial charge in [-0.15, -0.1) is 0 Å². The molecule has 0 aliphatic rings. The molecule has 1 unspecified atom stereocenters. The first kappa shape index (κ1) is 14.8. The van der Waals surface area contributed by atoms with Crippen molar-refractivity contribution in [3.63, 3.8) is 0 Å². The van der Waals surface area contributed by atoms with Crippen LogP contribution < -0.4 is 0 Å². The minimum atomic E-state index is -0.625. The number of rotatable bonds is 3. The van der Waals surface area contributed by atoms with Gasteiger partial charge in [-0.05, 0) is 17.7 Å². The van der Waals surface area contributed by atoms with E-state index in [1.807, 2.05) is 0 Å². The van der Waals surface area contributed by atoms with Crippen LogP contribution in [0.1, 0.15) is 28.4 Å². The maximum atomic E-state index is 11.2. The van der Waals surface area contributed by atoms with Gasteiger partial charge >= 0.3 is 5.97 Å². The molecular weight excluding hydrogens is 269 g/mol. The Hall–Kier alpha value is -0.246. The molecule has 4 heteroatoms. The number of methoxy groups -OCH3 is 1. The molecule has 0 saturated heterocycles. The second-order valence-corrected chi connectivity index (χ2v) is 2.92. The van der Waals surface area contributed by atoms with E-state index in [-0.39, 0.29) is 32.7 Å². The maximum Gasteiger partial charge on any atom is 0.337 e. The third-order valence-electron chi connectivity index (χ3n) is 1.97. The monoisotopic (exact) mass is 282 g/mol. The fraction of sp³-hybridized carbons (Fsp3) is 0.273. The molecule has 0 aliphatic heterocycles. The van der Waals surface area contributed by atoms with Crippen LogP contribution in [0.3, 0.4) is 0 Å². The number of carbonyl (C=O) groups excluding carboxylic acids is 1. The minimum absolute atomic E-state index is 0. The summed E-state index contributed by atoms with van der Waals surface area (Å²) in [6, 6.07) is 6.72. The van der Waals surface area contributed by atoms with E-state index in [4.69, 9.17) is 0 Å². The van der Waals surface area contributed by atoms with Gasteiger partial charge in [0.25, 0.3) is 0 Å². The van der Waals surface area contributed by atoms with Crippen LogP contribution in [0.4, 0.5) is 0 Å². The molecule has 1 atom stereocenters. The fourth-order valence-corrected chi connectivity index (χ4v) is 1.16. The summed E-state index contributed by atoms with van der Waals surface area (Å²) in [4.78, 5) is 11.2. The van der Waals surface area contributed by atoms with E-state index in [0.29, 0.717) is 17.5 Å². The van der Waals surface area contributed by atoms with Crippen molar-refractivity contribution in [1.29, 1.82) is 0 Å². The van der Waals surface area contributed by atoms with Crippen molar-refractivity contribution >= 4 is 5.97 Å². The molecule has 0 amide bonds. The number of aliphatic hydroxyl groups is 1. The number of ether oxygens (including phenoxy) is 1. The summed E-state index contributed by atoms with van der Waals surface area (Å²) in [5.41, 5.74) is 1.13. The van der Waals surface area contributed by atoms with Gasteiger partial charge in [0.1, 0.15) is 0 Å². The van der Waals surface area contributed by atoms with E-state index in [1.54, 1.807) is 24.3 Å². The number of esters is 1. The molecule has 1 aromatic rings. The summed E-state index contributed by atoms with van der Waals surface area (Å²) in [7, 11) is 1.33. The average molecular weight is 282 g/mol. The molecule has 1 N–H and O–H groups in total. The van der Waals surface area contributed by atoms with E-state index in [0.717, 1.165) is 0 Å². The summed E-state index contributed by atoms with van der Waals surface area (Å²) < 4.78 is 4.57. The third kappa shape index (κ3) is 4.02. The third-order valence-corrected chi connectivity index (χ3v) is 1.97. The normalized spacial score (nSPS) is 11.4. The van der Waals surface area contributed by atoms with Crippen molar-refractivity contribution in [2.45, 2.75) is 12.5 Å². The zero-order valence-electron chi connectivity index (χ0n) is 8.64. The van der Waals surface area contributed by atoms with Crippen LogP contribution in [0.2, 0.25) is 0 Å². The molecule has 1 radical (unpaired) electrons. The minimum Gasteiger partial charge on any atom is -0.465 e. The van der Waals surface area contributed by atoms with Gasteiger partial charge in [-0.1, -0.05) is 12.1 Å². The first-order valence-corrected chi connectivity index (χ1v) is 4.34. The van der Waals surface area contributed by atoms with Crippen molar-refractivity contribution in [3.8, 4) is 0 Å². The molecular formula is C11H13O3Y-. The van der Waals surface area contributed by atoms with Crippen molar-refractivity contribution in [2.75, 3.05) is 7.11 Å². The predicted octanol–water partition coefficient (Wildman–Crippen LogP) is 1.73. The molecule has 1 rings (SSSR count). The zero-order chi connectivity index (χ0) is 10.6. The van der Waals surface area contributed by atoms with Crippen molar-refractivity contribution in [2.24, 2.45) is 0 Å². The standard InChI is InChI=1S/C11H13O3.Y/c1-3-10(12)8-5-4-6-9(7-8)11(13)14-2;/h4-7,10,12H,1,3H2,2H3;/q-1;. The second kappa shape index (κ2) is 7.10. The molecule has 3 nitrogen and oxygen atoms in total. The van der Waals surface area contributed by atoms with Crippen LogP contribution in [0, 0.1) is 6.92 Å². The molecule has 1 aromatic carbocycles. The second-order valence-electron chi connectivity index (χ2n) is 2.92. The predicted molar refractivity (Wildman–Crippen MR) is 52.7 cm³/mol. The zero-order valence-corrected chi connectivity index (χ0v) is 11.5. The van der Waals surface area contributed by atoms with Crippen LogP contribution in [-0.2, 0) is 37.4 Å². The molecule has 0 aromatic heterocycles. The van der Waals surface area contributed by atoms with Crippen molar-refractivity contribution in [3.05, 3.63) is 42.3 Å². The van der Waals surface area contributed by atoms with E-state index in [1.165, 1.54) is 7.11 Å². The van der Waals surface area contributed by atoms with Crippen LogP contribution in [0.15, 0.2) is 24.3 Å². The first-order valence-electron chi connectivity index (χ1n) is 4.34. The summed E-state index contributed by atoms with van der Waals surface area (Å²) >= 11 is 0. The van der Waals surface area contributed by atoms with Gasteiger partial charge < -0.3 is 16.8 Å². The topological polar surface area (TPSA) is 46.5 Å². The van der Waals surface area contributed by atoms with E-state index < -0.39 is 12.1 Å². The Kier molecular flexibility index (Phi) is 6.98. The Bertz CT molecular complexity index is 325. The maximum absolute atomic E-state index is 11.2. The molecule has 0 spiro atoms. The Labute approximate surface area is 115 Å². The molecule has 0 heterocycles. The number of benzene rings is 1. The van der Waals surface area contributed by atoms with Crippen LogP contribution in [0.5, 0.6) is 0 Å². The molecule has 15 heavy (non-hydrogen) atoms. The quantitative estimate of drug-likeness (QED) is 0.678. The summed E-state index contributed by atoms with van der Waals surface area (Å²) in [6.45, 7) is 3.59. The molecule has 0 fully saturated rings. The number of hydrogen-bond donors (Lipinski definition) is 1. The number of hydrogen-bond acceptors (Lipinski definition) is 3. The van der Waals surface area contributed by atoms with Gasteiger partial charge in [-0.3, -0.25) is 0 Å². The fourth-order valence-electron chi connectivity index (χ4n) is 1.16. The van der Waals surface area contributed by atoms with E-state index in [9.17, 15) is 9.90 Å². The van der Waals surface area contributed by atoms with E-state index in [2.05, 4.69) is 11.7 Å². The van der Waals surface area contributed by atoms with Crippen molar-refractivity contribution < 1.29 is 47.3 Å². The van der Waals surface area contributed by atoms with Gasteiger partial charge in [0.15, 0.2) is 0 Å². The molecule has 0 saturated carbocycles. The Morgan fingerprint density at radius 3 is 2.80 bits per heavy atom. The van der Waals surface area contributed by atoms with Crippen LogP contribution >= 0.6 is 0 Å². The molecule has 0 bridgehead atoms. The largest absolute Gasteiger partial charge is 0.465 e. The van der Waals surface area contributed by atoms with Gasteiger partial charge in [-0.2, -0.15) is 6.42 Å². The van der Waals surface area contributed by atoms with Crippen LogP contribution in [0.25, 0.3) is 0 Å². The van der Waals surface area contributed by atoms with Gasteiger partial charge in [-0.25, -0.2) is 4.79 Å². The smallest absolute Gasteiger partial charge is 0.337 e. The Morgan fingerprint density at radius 1 is 1.60 bits per heavy atom. The van der Waals surface area contributed by atoms with Gasteiger partial charge in [0.05, 0.1) is 18.8 Å². The summed E-state index contributed by atoms with van der Waals surface area (Å²) in [5.74, 6) is -0.400.